The Balaban J connectivity index is 1.48. The molecule has 2 heterocycles. The minimum Gasteiger partial charge on any atom is -0.338 e. The van der Waals surface area contributed by atoms with Gasteiger partial charge in [0.2, 0.25) is 21.8 Å². The van der Waals surface area contributed by atoms with E-state index in [9.17, 15) is 13.2 Å². The van der Waals surface area contributed by atoms with Crippen molar-refractivity contribution in [1.82, 2.24) is 14.4 Å². The second kappa shape index (κ2) is 7.98. The van der Waals surface area contributed by atoms with Crippen LogP contribution in [0, 0.1) is 6.92 Å². The van der Waals surface area contributed by atoms with E-state index >= 15 is 0 Å². The molecule has 1 saturated heterocycles. The first-order valence-electron chi connectivity index (χ1n) is 8.40. The Morgan fingerprint density at radius 3 is 2.50 bits per heavy atom. The lowest BCUT2D eigenvalue weighted by atomic mass is 10.2. The number of benzene rings is 1. The molecule has 9 heteroatoms. The number of carbonyl (C=O) groups is 1. The minimum absolute atomic E-state index is 0.000823. The number of hydrogen-bond donors (Lipinski definition) is 1. The first-order chi connectivity index (χ1) is 12.4. The number of hydrogen-bond acceptors (Lipinski definition) is 6. The summed E-state index contributed by atoms with van der Waals surface area (Å²) in [5.74, 6) is 0.109. The molecule has 1 N–H and O–H groups in total. The second-order valence-corrected chi connectivity index (χ2v) is 8.27. The van der Waals surface area contributed by atoms with Gasteiger partial charge in [-0.2, -0.15) is 4.31 Å². The molecule has 140 valence electrons. The Morgan fingerprint density at radius 2 is 1.88 bits per heavy atom. The average molecular weight is 378 g/mol. The lowest BCUT2D eigenvalue weighted by Gasteiger charge is -2.33. The molecule has 1 amide bonds. The van der Waals surface area contributed by atoms with Crippen LogP contribution in [0.1, 0.15) is 11.3 Å². The summed E-state index contributed by atoms with van der Waals surface area (Å²) < 4.78 is 31.5. The highest BCUT2D eigenvalue weighted by Crippen LogP contribution is 2.14. The third-order valence-electron chi connectivity index (χ3n) is 4.17. The van der Waals surface area contributed by atoms with E-state index < -0.39 is 10.0 Å². The Hall–Kier alpha value is -2.23. The molecule has 0 bridgehead atoms. The van der Waals surface area contributed by atoms with Crippen LogP contribution in [-0.4, -0.2) is 61.4 Å². The van der Waals surface area contributed by atoms with Crippen molar-refractivity contribution in [2.24, 2.45) is 0 Å². The number of aryl methyl sites for hydroxylation is 1. The molecule has 1 aromatic carbocycles. The highest BCUT2D eigenvalue weighted by molar-refractivity contribution is 7.88. The Bertz CT molecular complexity index is 843. The standard InChI is InChI=1S/C17H22N4O4S/c1-14-11-17(25-19-14)18-16(22)12-20-7-9-21(10-8-20)26(23,24)13-15-5-3-2-4-6-15/h2-6,11H,7-10,12-13H2,1H3,(H,18,22). The van der Waals surface area contributed by atoms with Gasteiger partial charge in [0.1, 0.15) is 0 Å². The van der Waals surface area contributed by atoms with E-state index in [0.717, 1.165) is 5.56 Å². The number of amides is 1. The summed E-state index contributed by atoms with van der Waals surface area (Å²) >= 11 is 0. The number of nitrogens with zero attached hydrogens (tertiary/aromatic N) is 3. The summed E-state index contributed by atoms with van der Waals surface area (Å²) in [4.78, 5) is 14.0. The van der Waals surface area contributed by atoms with Gasteiger partial charge in [-0.1, -0.05) is 35.5 Å². The number of sulfonamides is 1. The van der Waals surface area contributed by atoms with E-state index in [-0.39, 0.29) is 18.2 Å². The summed E-state index contributed by atoms with van der Waals surface area (Å²) in [6.45, 7) is 3.74. The van der Waals surface area contributed by atoms with Crippen LogP contribution in [0.3, 0.4) is 0 Å². The van der Waals surface area contributed by atoms with Crippen LogP contribution in [0.4, 0.5) is 5.88 Å². The molecule has 1 aromatic heterocycles. The molecular formula is C17H22N4O4S. The van der Waals surface area contributed by atoms with Crippen LogP contribution < -0.4 is 5.32 Å². The summed E-state index contributed by atoms with van der Waals surface area (Å²) in [5, 5.41) is 6.35. The number of nitrogens with one attached hydrogen (secondary N) is 1. The maximum atomic E-state index is 12.5. The van der Waals surface area contributed by atoms with E-state index in [0.29, 0.717) is 37.8 Å². The number of anilines is 1. The SMILES string of the molecule is Cc1cc(NC(=O)CN2CCN(S(=O)(=O)Cc3ccccc3)CC2)on1. The molecular weight excluding hydrogens is 356 g/mol. The second-order valence-electron chi connectivity index (χ2n) is 6.30. The van der Waals surface area contributed by atoms with Crippen LogP contribution >= 0.6 is 0 Å². The Labute approximate surface area is 152 Å². The molecule has 0 radical (unpaired) electrons. The Kier molecular flexibility index (Phi) is 5.70. The monoisotopic (exact) mass is 378 g/mol. The van der Waals surface area contributed by atoms with E-state index in [1.165, 1.54) is 4.31 Å². The van der Waals surface area contributed by atoms with Gasteiger partial charge in [0.25, 0.3) is 0 Å². The predicted octanol–water partition coefficient (Wildman–Crippen LogP) is 1.07. The highest BCUT2D eigenvalue weighted by atomic mass is 32.2. The van der Waals surface area contributed by atoms with Crippen LogP contribution in [0.2, 0.25) is 0 Å². The molecule has 2 aromatic rings. The van der Waals surface area contributed by atoms with Gasteiger partial charge in [0.05, 0.1) is 18.0 Å². The zero-order valence-electron chi connectivity index (χ0n) is 14.6. The fourth-order valence-corrected chi connectivity index (χ4v) is 4.36. The smallest absolute Gasteiger partial charge is 0.240 e. The fourth-order valence-electron chi connectivity index (χ4n) is 2.84. The van der Waals surface area contributed by atoms with Crippen LogP contribution in [-0.2, 0) is 20.6 Å². The largest absolute Gasteiger partial charge is 0.338 e. The van der Waals surface area contributed by atoms with Crippen molar-refractivity contribution in [2.75, 3.05) is 38.0 Å². The van der Waals surface area contributed by atoms with Crippen molar-refractivity contribution in [1.29, 1.82) is 0 Å². The molecule has 1 fully saturated rings. The van der Waals surface area contributed by atoms with E-state index in [4.69, 9.17) is 4.52 Å². The van der Waals surface area contributed by atoms with E-state index in [1.807, 2.05) is 35.2 Å². The molecule has 0 spiro atoms. The molecule has 26 heavy (non-hydrogen) atoms. The van der Waals surface area contributed by atoms with E-state index in [1.54, 1.807) is 13.0 Å². The zero-order valence-corrected chi connectivity index (χ0v) is 15.4. The topological polar surface area (TPSA) is 95.8 Å². The lowest BCUT2D eigenvalue weighted by Crippen LogP contribution is -2.50. The van der Waals surface area contributed by atoms with Gasteiger partial charge in [0.15, 0.2) is 0 Å². The molecule has 0 aliphatic carbocycles. The molecule has 0 saturated carbocycles. The molecule has 0 unspecified atom stereocenters. The molecule has 0 atom stereocenters. The molecule has 8 nitrogen and oxygen atoms in total. The van der Waals surface area contributed by atoms with Crippen molar-refractivity contribution in [3.63, 3.8) is 0 Å². The van der Waals surface area contributed by atoms with Gasteiger partial charge in [0, 0.05) is 32.2 Å². The van der Waals surface area contributed by atoms with E-state index in [2.05, 4.69) is 10.5 Å². The van der Waals surface area contributed by atoms with Gasteiger partial charge in [-0.05, 0) is 12.5 Å². The van der Waals surface area contributed by atoms with Crippen molar-refractivity contribution in [3.8, 4) is 0 Å². The van der Waals surface area contributed by atoms with Gasteiger partial charge in [-0.3, -0.25) is 15.0 Å². The van der Waals surface area contributed by atoms with Crippen LogP contribution in [0.5, 0.6) is 0 Å². The summed E-state index contributed by atoms with van der Waals surface area (Å²) in [7, 11) is -3.35. The maximum Gasteiger partial charge on any atom is 0.240 e. The van der Waals surface area contributed by atoms with Crippen molar-refractivity contribution in [2.45, 2.75) is 12.7 Å². The lowest BCUT2D eigenvalue weighted by molar-refractivity contribution is -0.117. The fraction of sp³-hybridized carbons (Fsp3) is 0.412. The molecule has 3 rings (SSSR count). The first-order valence-corrected chi connectivity index (χ1v) is 10.0. The summed E-state index contributed by atoms with van der Waals surface area (Å²) in [6.07, 6.45) is 0. The van der Waals surface area contributed by atoms with Gasteiger partial charge >= 0.3 is 0 Å². The van der Waals surface area contributed by atoms with Crippen LogP contribution in [0.25, 0.3) is 0 Å². The number of aromatic nitrogens is 1. The predicted molar refractivity (Wildman–Crippen MR) is 96.9 cm³/mol. The highest BCUT2D eigenvalue weighted by Gasteiger charge is 2.27. The third kappa shape index (κ3) is 4.90. The zero-order chi connectivity index (χ0) is 18.6. The summed E-state index contributed by atoms with van der Waals surface area (Å²) in [5.41, 5.74) is 1.47. The third-order valence-corrected chi connectivity index (χ3v) is 6.02. The van der Waals surface area contributed by atoms with Gasteiger partial charge in [-0.15, -0.1) is 0 Å². The van der Waals surface area contributed by atoms with Crippen LogP contribution in [0.15, 0.2) is 40.9 Å². The average Bonchev–Trinajstić information content (AvgIpc) is 3.00. The number of piperazine rings is 1. The number of rotatable bonds is 6. The molecule has 1 aliphatic rings. The van der Waals surface area contributed by atoms with Gasteiger partial charge < -0.3 is 4.52 Å². The normalized spacial score (nSPS) is 16.5. The maximum absolute atomic E-state index is 12.5. The quantitative estimate of drug-likeness (QED) is 0.808. The van der Waals surface area contributed by atoms with Crippen molar-refractivity contribution in [3.05, 3.63) is 47.7 Å². The number of carbonyl (C=O) groups excluding carboxylic acids is 1. The Morgan fingerprint density at radius 1 is 1.19 bits per heavy atom. The van der Waals surface area contributed by atoms with Gasteiger partial charge in [-0.25, -0.2) is 8.42 Å². The minimum atomic E-state index is -3.35. The first kappa shape index (κ1) is 18.6. The van der Waals surface area contributed by atoms with Crippen molar-refractivity contribution >= 4 is 21.8 Å². The van der Waals surface area contributed by atoms with Crippen molar-refractivity contribution < 1.29 is 17.7 Å². The molecule has 1 aliphatic heterocycles. The summed E-state index contributed by atoms with van der Waals surface area (Å²) in [6, 6.07) is 10.8.